The molecule has 0 bridgehead atoms. The monoisotopic (exact) mass is 380 g/mol. The van der Waals surface area contributed by atoms with Crippen LogP contribution >= 0.6 is 11.6 Å². The molecule has 3 rings (SSSR count). The van der Waals surface area contributed by atoms with E-state index in [0.717, 1.165) is 19.3 Å². The van der Waals surface area contributed by atoms with E-state index in [1.165, 1.54) is 0 Å². The zero-order chi connectivity index (χ0) is 18.5. The third-order valence-electron chi connectivity index (χ3n) is 4.89. The van der Waals surface area contributed by atoms with Crippen LogP contribution in [0.15, 0.2) is 24.3 Å². The summed E-state index contributed by atoms with van der Waals surface area (Å²) in [5, 5.41) is 6.70. The number of amides is 2. The zero-order valence-electron chi connectivity index (χ0n) is 14.9. The first-order chi connectivity index (χ1) is 12.6. The number of hydrogen-bond donors (Lipinski definition) is 2. The summed E-state index contributed by atoms with van der Waals surface area (Å²) in [6.07, 6.45) is 2.71. The van der Waals surface area contributed by atoms with E-state index in [4.69, 9.17) is 21.1 Å². The number of halogens is 1. The first kappa shape index (κ1) is 19.0. The average molecular weight is 381 g/mol. The second-order valence-electron chi connectivity index (χ2n) is 6.94. The summed E-state index contributed by atoms with van der Waals surface area (Å²) in [5.74, 6) is 1.31. The van der Waals surface area contributed by atoms with Crippen LogP contribution in [0, 0.1) is 11.8 Å². The molecular weight excluding hydrogens is 356 g/mol. The Hall–Kier alpha value is -1.79. The Morgan fingerprint density at radius 3 is 2.27 bits per heavy atom. The summed E-state index contributed by atoms with van der Waals surface area (Å²) in [4.78, 5) is 24.0. The van der Waals surface area contributed by atoms with Gasteiger partial charge >= 0.3 is 0 Å². The van der Waals surface area contributed by atoms with Crippen molar-refractivity contribution in [2.24, 2.45) is 11.8 Å². The minimum Gasteiger partial charge on any atom is -0.484 e. The lowest BCUT2D eigenvalue weighted by Gasteiger charge is -2.19. The van der Waals surface area contributed by atoms with Crippen LogP contribution in [0.2, 0.25) is 5.02 Å². The number of carbonyl (C=O) groups excluding carboxylic acids is 2. The lowest BCUT2D eigenvalue weighted by atomic mass is 10.1. The first-order valence-electron chi connectivity index (χ1n) is 9.11. The first-order valence-corrected chi connectivity index (χ1v) is 9.49. The predicted molar refractivity (Wildman–Crippen MR) is 98.1 cm³/mol. The van der Waals surface area contributed by atoms with E-state index >= 15 is 0 Å². The van der Waals surface area contributed by atoms with Crippen molar-refractivity contribution < 1.29 is 19.1 Å². The molecule has 0 saturated heterocycles. The number of carbonyl (C=O) groups is 2. The van der Waals surface area contributed by atoms with Crippen LogP contribution in [0.1, 0.15) is 26.2 Å². The minimum atomic E-state index is -0.145. The molecule has 2 unspecified atom stereocenters. The summed E-state index contributed by atoms with van der Waals surface area (Å²) in [5.41, 5.74) is 0. The van der Waals surface area contributed by atoms with E-state index in [-0.39, 0.29) is 37.1 Å². The van der Waals surface area contributed by atoms with Crippen molar-refractivity contribution in [2.45, 2.75) is 38.3 Å². The molecule has 2 saturated carbocycles. The van der Waals surface area contributed by atoms with E-state index in [9.17, 15) is 9.59 Å². The van der Waals surface area contributed by atoms with Crippen LogP contribution < -0.4 is 15.4 Å². The van der Waals surface area contributed by atoms with Crippen molar-refractivity contribution in [3.8, 4) is 5.75 Å². The third-order valence-corrected chi connectivity index (χ3v) is 5.14. The highest BCUT2D eigenvalue weighted by molar-refractivity contribution is 6.30. The highest BCUT2D eigenvalue weighted by Gasteiger charge is 2.55. The molecule has 142 valence electrons. The SMILES string of the molecule is CCCOCC(=O)N[C@H]1C[C@@H](NC(=O)COc2ccc(Cl)cc2)C2CC21. The smallest absolute Gasteiger partial charge is 0.258 e. The molecule has 2 amide bonds. The topological polar surface area (TPSA) is 76.7 Å². The van der Waals surface area contributed by atoms with Crippen LogP contribution in [0.5, 0.6) is 5.75 Å². The Kier molecular flexibility index (Phi) is 6.38. The quantitative estimate of drug-likeness (QED) is 0.643. The van der Waals surface area contributed by atoms with Crippen molar-refractivity contribution in [3.05, 3.63) is 29.3 Å². The van der Waals surface area contributed by atoms with Gasteiger partial charge < -0.3 is 20.1 Å². The highest BCUT2D eigenvalue weighted by Crippen LogP contribution is 2.51. The van der Waals surface area contributed by atoms with Gasteiger partial charge in [-0.2, -0.15) is 0 Å². The van der Waals surface area contributed by atoms with E-state index in [0.29, 0.717) is 29.2 Å². The van der Waals surface area contributed by atoms with Crippen LogP contribution in [0.25, 0.3) is 0 Å². The van der Waals surface area contributed by atoms with Crippen LogP contribution in [0.3, 0.4) is 0 Å². The van der Waals surface area contributed by atoms with Crippen LogP contribution in [-0.4, -0.2) is 43.7 Å². The van der Waals surface area contributed by atoms with Crippen molar-refractivity contribution >= 4 is 23.4 Å². The number of benzene rings is 1. The van der Waals surface area contributed by atoms with E-state index < -0.39 is 0 Å². The number of hydrogen-bond acceptors (Lipinski definition) is 4. The van der Waals surface area contributed by atoms with E-state index in [2.05, 4.69) is 10.6 Å². The fourth-order valence-electron chi connectivity index (χ4n) is 3.60. The summed E-state index contributed by atoms with van der Waals surface area (Å²) in [7, 11) is 0. The lowest BCUT2D eigenvalue weighted by Crippen LogP contribution is -2.42. The Balaban J connectivity index is 1.38. The second kappa shape index (κ2) is 8.73. The molecule has 4 atom stereocenters. The molecule has 0 heterocycles. The molecule has 0 spiro atoms. The lowest BCUT2D eigenvalue weighted by molar-refractivity contribution is -0.126. The zero-order valence-corrected chi connectivity index (χ0v) is 15.6. The van der Waals surface area contributed by atoms with Gasteiger partial charge in [0, 0.05) is 23.7 Å². The number of rotatable bonds is 9. The predicted octanol–water partition coefficient (Wildman–Crippen LogP) is 2.15. The fraction of sp³-hybridized carbons (Fsp3) is 0.579. The molecule has 7 heteroatoms. The average Bonchev–Trinajstić information content (AvgIpc) is 3.35. The minimum absolute atomic E-state index is 0.0304. The Bertz CT molecular complexity index is 637. The maximum absolute atomic E-state index is 12.1. The van der Waals surface area contributed by atoms with Crippen LogP contribution in [-0.2, 0) is 14.3 Å². The molecule has 0 aliphatic heterocycles. The normalized spacial score (nSPS) is 26.1. The van der Waals surface area contributed by atoms with Gasteiger partial charge in [0.25, 0.3) is 5.91 Å². The molecule has 2 N–H and O–H groups in total. The Morgan fingerprint density at radius 1 is 1.04 bits per heavy atom. The Morgan fingerprint density at radius 2 is 1.65 bits per heavy atom. The molecule has 6 nitrogen and oxygen atoms in total. The summed E-state index contributed by atoms with van der Waals surface area (Å²) < 4.78 is 10.7. The fourth-order valence-corrected chi connectivity index (χ4v) is 3.73. The number of ether oxygens (including phenoxy) is 2. The molecule has 2 aliphatic rings. The van der Waals surface area contributed by atoms with E-state index in [1.54, 1.807) is 24.3 Å². The van der Waals surface area contributed by atoms with Crippen molar-refractivity contribution in [1.29, 1.82) is 0 Å². The number of fused-ring (bicyclic) bond motifs is 1. The molecule has 0 radical (unpaired) electrons. The van der Waals surface area contributed by atoms with Gasteiger partial charge in [-0.1, -0.05) is 18.5 Å². The second-order valence-corrected chi connectivity index (χ2v) is 7.38. The molecule has 0 aromatic heterocycles. The maximum atomic E-state index is 12.1. The Labute approximate surface area is 158 Å². The van der Waals surface area contributed by atoms with Gasteiger partial charge in [0.15, 0.2) is 6.61 Å². The third kappa shape index (κ3) is 5.11. The molecule has 26 heavy (non-hydrogen) atoms. The molecule has 1 aromatic carbocycles. The molecular formula is C19H25ClN2O4. The van der Waals surface area contributed by atoms with Gasteiger partial charge in [0.05, 0.1) is 0 Å². The standard InChI is InChI=1S/C19H25ClN2O4/c1-2-7-25-10-18(23)21-16-9-17(15-8-14(15)16)22-19(24)11-26-13-5-3-12(20)4-6-13/h3-6,14-17H,2,7-11H2,1H3,(H,21,23)(H,22,24)/t14?,15?,16-,17+/m0/s1. The highest BCUT2D eigenvalue weighted by atomic mass is 35.5. The number of nitrogens with one attached hydrogen (secondary N) is 2. The molecule has 1 aromatic rings. The van der Waals surface area contributed by atoms with Gasteiger partial charge in [-0.25, -0.2) is 0 Å². The van der Waals surface area contributed by atoms with Crippen LogP contribution in [0.4, 0.5) is 0 Å². The van der Waals surface area contributed by atoms with E-state index in [1.807, 2.05) is 6.92 Å². The largest absolute Gasteiger partial charge is 0.484 e. The van der Waals surface area contributed by atoms with Crippen molar-refractivity contribution in [2.75, 3.05) is 19.8 Å². The van der Waals surface area contributed by atoms with Gasteiger partial charge in [0.1, 0.15) is 12.4 Å². The summed E-state index contributed by atoms with van der Waals surface area (Å²) in [6.45, 7) is 2.68. The van der Waals surface area contributed by atoms with Crippen molar-refractivity contribution in [1.82, 2.24) is 10.6 Å². The molecule has 2 aliphatic carbocycles. The van der Waals surface area contributed by atoms with Gasteiger partial charge in [-0.3, -0.25) is 9.59 Å². The van der Waals surface area contributed by atoms with Gasteiger partial charge in [0.2, 0.25) is 5.91 Å². The van der Waals surface area contributed by atoms with Gasteiger partial charge in [-0.15, -0.1) is 0 Å². The summed E-state index contributed by atoms with van der Waals surface area (Å²) in [6, 6.07) is 7.13. The summed E-state index contributed by atoms with van der Waals surface area (Å²) >= 11 is 5.82. The molecule has 2 fully saturated rings. The van der Waals surface area contributed by atoms with Crippen molar-refractivity contribution in [3.63, 3.8) is 0 Å². The van der Waals surface area contributed by atoms with Gasteiger partial charge in [-0.05, 0) is 55.4 Å². The maximum Gasteiger partial charge on any atom is 0.258 e.